The van der Waals surface area contributed by atoms with Crippen molar-refractivity contribution in [2.75, 3.05) is 51.3 Å². The van der Waals surface area contributed by atoms with Gasteiger partial charge in [-0.3, -0.25) is 20.0 Å². The Morgan fingerprint density at radius 3 is 2.57 bits per heavy atom. The van der Waals surface area contributed by atoms with E-state index in [9.17, 15) is 9.59 Å². The number of nitrogens with two attached hydrogens (primary N) is 1. The van der Waals surface area contributed by atoms with Crippen LogP contribution in [-0.4, -0.2) is 67.8 Å². The number of hydrogen-bond acceptors (Lipinski definition) is 7. The van der Waals surface area contributed by atoms with Gasteiger partial charge in [0.05, 0.1) is 18.8 Å². The monoisotopic (exact) mass is 495 g/mol. The van der Waals surface area contributed by atoms with E-state index in [2.05, 4.69) is 20.5 Å². The lowest BCUT2D eigenvalue weighted by atomic mass is 10.1. The van der Waals surface area contributed by atoms with Crippen LogP contribution in [0.4, 0.5) is 9.80 Å². The Hall–Kier alpha value is -3.47. The Labute approximate surface area is 208 Å². The molecule has 0 unspecified atom stereocenters. The van der Waals surface area contributed by atoms with Crippen LogP contribution >= 0.6 is 11.3 Å². The molecule has 0 aliphatic carbocycles. The van der Waals surface area contributed by atoms with Crippen molar-refractivity contribution >= 4 is 28.3 Å². The fraction of sp³-hybridized carbons (Fsp3) is 0.320. The number of nitrogens with one attached hydrogen (secondary N) is 2. The zero-order chi connectivity index (χ0) is 24.5. The molecule has 3 amide bonds. The van der Waals surface area contributed by atoms with Gasteiger partial charge in [-0.15, -0.1) is 11.3 Å². The van der Waals surface area contributed by atoms with Gasteiger partial charge in [0.1, 0.15) is 17.4 Å². The minimum Gasteiger partial charge on any atom is -0.492 e. The maximum atomic E-state index is 12.8. The maximum absolute atomic E-state index is 12.8. The molecule has 1 aliphatic rings. The average Bonchev–Trinajstić information content (AvgIpc) is 3.29. The number of primary amides is 1. The second-order valence-corrected chi connectivity index (χ2v) is 9.08. The minimum absolute atomic E-state index is 0.270. The first-order chi connectivity index (χ1) is 17.1. The van der Waals surface area contributed by atoms with Gasteiger partial charge < -0.3 is 20.5 Å². The molecule has 0 bridgehead atoms. The average molecular weight is 496 g/mol. The molecule has 4 N–H and O–H groups in total. The van der Waals surface area contributed by atoms with Crippen LogP contribution in [0.3, 0.4) is 0 Å². The van der Waals surface area contributed by atoms with Gasteiger partial charge in [-0.25, -0.2) is 4.79 Å². The third kappa shape index (κ3) is 7.25. The first kappa shape index (κ1) is 24.6. The molecule has 4 rings (SSSR count). The van der Waals surface area contributed by atoms with E-state index in [1.54, 1.807) is 18.5 Å². The summed E-state index contributed by atoms with van der Waals surface area (Å²) < 4.78 is 11.2. The van der Waals surface area contributed by atoms with Gasteiger partial charge in [-0.1, -0.05) is 0 Å². The summed E-state index contributed by atoms with van der Waals surface area (Å²) in [5, 5.41) is 5.90. The molecule has 0 saturated carbocycles. The summed E-state index contributed by atoms with van der Waals surface area (Å²) in [6.07, 6.45) is 4.12. The van der Waals surface area contributed by atoms with Crippen LogP contribution in [0.15, 0.2) is 54.9 Å². The van der Waals surface area contributed by atoms with Crippen LogP contribution in [0.5, 0.6) is 5.75 Å². The predicted molar refractivity (Wildman–Crippen MR) is 136 cm³/mol. The van der Waals surface area contributed by atoms with Gasteiger partial charge in [0, 0.05) is 43.4 Å². The highest BCUT2D eigenvalue weighted by atomic mass is 32.1. The Bertz CT molecular complexity index is 1110. The normalized spacial score (nSPS) is 13.8. The quantitative estimate of drug-likeness (QED) is 0.398. The van der Waals surface area contributed by atoms with Gasteiger partial charge in [-0.2, -0.15) is 0 Å². The first-order valence-electron chi connectivity index (χ1n) is 11.5. The summed E-state index contributed by atoms with van der Waals surface area (Å²) in [6, 6.07) is 12.6. The van der Waals surface area contributed by atoms with E-state index < -0.39 is 6.03 Å². The summed E-state index contributed by atoms with van der Waals surface area (Å²) >= 11 is 1.30. The van der Waals surface area contributed by atoms with Crippen LogP contribution in [0.25, 0.3) is 10.4 Å². The number of aromatic nitrogens is 1. The summed E-state index contributed by atoms with van der Waals surface area (Å²) in [5.41, 5.74) is 7.70. The number of carbonyl (C=O) groups is 2. The SMILES string of the molecule is NC(=O)Nc1sc(-c2ccc(OCCN3CCOCC3)cc2)cc1C(=O)NCCc1ccncc1. The van der Waals surface area contributed by atoms with Gasteiger partial charge in [-0.05, 0) is 60.0 Å². The highest BCUT2D eigenvalue weighted by Gasteiger charge is 2.18. The number of pyridine rings is 1. The standard InChI is InChI=1S/C25H29N5O4S/c26-25(32)29-24-21(23(31)28-10-7-18-5-8-27-9-6-18)17-22(35-24)19-1-3-20(4-2-19)34-16-13-30-11-14-33-15-12-30/h1-6,8-9,17H,7,10-16H2,(H,28,31)(H3,26,29,32). The number of urea groups is 1. The van der Waals surface area contributed by atoms with Crippen LogP contribution in [0, 0.1) is 0 Å². The number of morpholine rings is 1. The molecule has 2 aromatic heterocycles. The third-order valence-corrected chi connectivity index (χ3v) is 6.68. The molecule has 10 heteroatoms. The molecule has 184 valence electrons. The number of amides is 3. The Balaban J connectivity index is 1.37. The molecule has 1 aliphatic heterocycles. The first-order valence-corrected chi connectivity index (χ1v) is 12.3. The van der Waals surface area contributed by atoms with Gasteiger partial charge in [0.15, 0.2) is 0 Å². The highest BCUT2D eigenvalue weighted by Crippen LogP contribution is 2.36. The summed E-state index contributed by atoms with van der Waals surface area (Å²) in [7, 11) is 0. The molecule has 0 spiro atoms. The number of ether oxygens (including phenoxy) is 2. The largest absolute Gasteiger partial charge is 0.492 e. The number of benzene rings is 1. The number of rotatable bonds is 10. The van der Waals surface area contributed by atoms with E-state index in [0.29, 0.717) is 30.1 Å². The van der Waals surface area contributed by atoms with E-state index in [4.69, 9.17) is 15.2 Å². The van der Waals surface area contributed by atoms with Gasteiger partial charge in [0.2, 0.25) is 0 Å². The van der Waals surface area contributed by atoms with E-state index in [-0.39, 0.29) is 5.91 Å². The number of anilines is 1. The van der Waals surface area contributed by atoms with Gasteiger partial charge >= 0.3 is 6.03 Å². The van der Waals surface area contributed by atoms with E-state index in [1.165, 1.54) is 11.3 Å². The molecule has 9 nitrogen and oxygen atoms in total. The number of carbonyl (C=O) groups excluding carboxylic acids is 2. The Morgan fingerprint density at radius 1 is 1.11 bits per heavy atom. The van der Waals surface area contributed by atoms with E-state index >= 15 is 0 Å². The van der Waals surface area contributed by atoms with Crippen molar-refractivity contribution in [1.82, 2.24) is 15.2 Å². The molecule has 1 aromatic carbocycles. The number of nitrogens with zero attached hydrogens (tertiary/aromatic N) is 2. The van der Waals surface area contributed by atoms with E-state index in [1.807, 2.05) is 36.4 Å². The Kier molecular flexibility index (Phi) is 8.66. The lowest BCUT2D eigenvalue weighted by molar-refractivity contribution is 0.0322. The van der Waals surface area contributed by atoms with Crippen molar-refractivity contribution in [3.8, 4) is 16.2 Å². The van der Waals surface area contributed by atoms with Gasteiger partial charge in [0.25, 0.3) is 5.91 Å². The van der Waals surface area contributed by atoms with Crippen molar-refractivity contribution in [1.29, 1.82) is 0 Å². The van der Waals surface area contributed by atoms with Crippen LogP contribution in [0.2, 0.25) is 0 Å². The lowest BCUT2D eigenvalue weighted by Gasteiger charge is -2.26. The smallest absolute Gasteiger partial charge is 0.317 e. The number of thiophene rings is 1. The van der Waals surface area contributed by atoms with Crippen LogP contribution in [0.1, 0.15) is 15.9 Å². The second kappa shape index (κ2) is 12.3. The molecule has 1 saturated heterocycles. The third-order valence-electron chi connectivity index (χ3n) is 5.58. The molecule has 35 heavy (non-hydrogen) atoms. The lowest BCUT2D eigenvalue weighted by Crippen LogP contribution is -2.38. The molecule has 3 heterocycles. The zero-order valence-electron chi connectivity index (χ0n) is 19.4. The van der Waals surface area contributed by atoms with E-state index in [0.717, 1.165) is 54.6 Å². The highest BCUT2D eigenvalue weighted by molar-refractivity contribution is 7.20. The Morgan fingerprint density at radius 2 is 1.86 bits per heavy atom. The maximum Gasteiger partial charge on any atom is 0.317 e. The van der Waals surface area contributed by atoms with Crippen molar-refractivity contribution in [3.05, 3.63) is 66.0 Å². The topological polar surface area (TPSA) is 119 Å². The van der Waals surface area contributed by atoms with Crippen LogP contribution in [-0.2, 0) is 11.2 Å². The molecule has 3 aromatic rings. The molecular formula is C25H29N5O4S. The summed E-state index contributed by atoms with van der Waals surface area (Å²) in [4.78, 5) is 31.5. The van der Waals surface area contributed by atoms with Crippen molar-refractivity contribution in [3.63, 3.8) is 0 Å². The molecule has 0 radical (unpaired) electrons. The number of hydrogen-bond donors (Lipinski definition) is 3. The predicted octanol–water partition coefficient (Wildman–Crippen LogP) is 2.98. The second-order valence-electron chi connectivity index (χ2n) is 8.03. The van der Waals surface area contributed by atoms with Crippen molar-refractivity contribution < 1.29 is 19.1 Å². The zero-order valence-corrected chi connectivity index (χ0v) is 20.2. The summed E-state index contributed by atoms with van der Waals surface area (Å²) in [6.45, 7) is 5.33. The van der Waals surface area contributed by atoms with Crippen LogP contribution < -0.4 is 21.1 Å². The fourth-order valence-corrected chi connectivity index (χ4v) is 4.77. The summed E-state index contributed by atoms with van der Waals surface area (Å²) in [5.74, 6) is 0.511. The molecular weight excluding hydrogens is 466 g/mol. The molecule has 0 atom stereocenters. The fourth-order valence-electron chi connectivity index (χ4n) is 3.70. The van der Waals surface area contributed by atoms with Crippen molar-refractivity contribution in [2.45, 2.75) is 6.42 Å². The molecule has 1 fully saturated rings. The minimum atomic E-state index is -0.715. The van der Waals surface area contributed by atoms with Crippen molar-refractivity contribution in [2.24, 2.45) is 5.73 Å².